The largest absolute Gasteiger partial charge is 0.464 e. The molecule has 0 radical (unpaired) electrons. The molecule has 0 atom stereocenters. The number of ether oxygens (including phenoxy) is 2. The van der Waals surface area contributed by atoms with Crippen LogP contribution in [-0.2, 0) is 31.9 Å². The highest BCUT2D eigenvalue weighted by Crippen LogP contribution is 2.37. The van der Waals surface area contributed by atoms with Gasteiger partial charge in [-0.2, -0.15) is 0 Å². The summed E-state index contributed by atoms with van der Waals surface area (Å²) in [5.74, 6) is -0.451. The Morgan fingerprint density at radius 3 is 1.58 bits per heavy atom. The first-order valence-electron chi connectivity index (χ1n) is 18.6. The number of fused-ring (bicyclic) bond motifs is 8. The van der Waals surface area contributed by atoms with Crippen molar-refractivity contribution >= 4 is 56.3 Å². The molecule has 278 valence electrons. The van der Waals surface area contributed by atoms with Crippen LogP contribution < -0.4 is 0 Å². The third-order valence-corrected chi connectivity index (χ3v) is 10.3. The van der Waals surface area contributed by atoms with E-state index < -0.39 is 0 Å². The van der Waals surface area contributed by atoms with E-state index in [9.17, 15) is 9.59 Å². The lowest BCUT2D eigenvalue weighted by atomic mass is 10.00. The Hall–Kier alpha value is -4.54. The number of aromatic nitrogens is 4. The molecule has 5 heterocycles. The Kier molecular flexibility index (Phi) is 12.5. The summed E-state index contributed by atoms with van der Waals surface area (Å²) >= 11 is 0. The average Bonchev–Trinajstić information content (AvgIpc) is 3.75. The molecule has 0 saturated carbocycles. The van der Waals surface area contributed by atoms with Crippen LogP contribution in [0, 0.1) is 13.8 Å². The van der Waals surface area contributed by atoms with Crippen LogP contribution in [-0.4, -0.2) is 96.2 Å². The zero-order chi connectivity index (χ0) is 37.7. The summed E-state index contributed by atoms with van der Waals surface area (Å²) in [6.07, 6.45) is 3.24. The number of aryl methyl sites for hydroxylation is 4. The van der Waals surface area contributed by atoms with E-state index in [0.717, 1.165) is 80.0 Å². The quantitative estimate of drug-likeness (QED) is 0.164. The number of H-pyrrole nitrogens is 2. The second kappa shape index (κ2) is 16.9. The monoisotopic (exact) mass is 708 g/mol. The smallest absolute Gasteiger partial charge is 0.306 e. The van der Waals surface area contributed by atoms with E-state index in [0.29, 0.717) is 39.1 Å². The molecule has 2 N–H and O–H groups in total. The molecule has 10 heteroatoms. The number of aromatic amines is 2. The second-order valence-corrected chi connectivity index (χ2v) is 14.4. The zero-order valence-corrected chi connectivity index (χ0v) is 32.8. The van der Waals surface area contributed by atoms with Gasteiger partial charge in [-0.1, -0.05) is 13.8 Å². The number of hydrogen-bond donors (Lipinski definition) is 2. The van der Waals surface area contributed by atoms with Crippen LogP contribution in [0.25, 0.3) is 44.4 Å². The van der Waals surface area contributed by atoms with Crippen molar-refractivity contribution in [2.75, 3.05) is 54.5 Å². The summed E-state index contributed by atoms with van der Waals surface area (Å²) in [5, 5.41) is 0. The minimum absolute atomic E-state index is 0.223. The van der Waals surface area contributed by atoms with Gasteiger partial charge in [0.1, 0.15) is 13.2 Å². The van der Waals surface area contributed by atoms with Gasteiger partial charge >= 0.3 is 11.9 Å². The maximum Gasteiger partial charge on any atom is 0.306 e. The van der Waals surface area contributed by atoms with E-state index in [4.69, 9.17) is 19.4 Å². The van der Waals surface area contributed by atoms with Crippen LogP contribution in [0.1, 0.15) is 98.4 Å². The summed E-state index contributed by atoms with van der Waals surface area (Å²) in [6, 6.07) is 8.52. The van der Waals surface area contributed by atoms with Crippen LogP contribution in [0.2, 0.25) is 0 Å². The molecule has 3 aromatic rings. The summed E-state index contributed by atoms with van der Waals surface area (Å²) < 4.78 is 11.1. The molecule has 8 bridgehead atoms. The predicted octanol–water partition coefficient (Wildman–Crippen LogP) is 7.69. The number of rotatable bonds is 14. The summed E-state index contributed by atoms with van der Waals surface area (Å²) in [5.41, 5.74) is 16.4. The van der Waals surface area contributed by atoms with Gasteiger partial charge in [-0.15, -0.1) is 0 Å². The molecule has 3 aromatic heterocycles. The van der Waals surface area contributed by atoms with Crippen molar-refractivity contribution in [2.24, 2.45) is 0 Å². The van der Waals surface area contributed by atoms with Crippen LogP contribution in [0.4, 0.5) is 0 Å². The first-order valence-corrected chi connectivity index (χ1v) is 18.6. The van der Waals surface area contributed by atoms with Crippen molar-refractivity contribution in [3.8, 4) is 0 Å². The Morgan fingerprint density at radius 2 is 1.04 bits per heavy atom. The first-order chi connectivity index (χ1) is 24.8. The Balaban J connectivity index is 1.71. The fourth-order valence-electron chi connectivity index (χ4n) is 7.04. The normalized spacial score (nSPS) is 13.2. The number of esters is 2. The van der Waals surface area contributed by atoms with E-state index in [1.54, 1.807) is 0 Å². The fourth-order valence-corrected chi connectivity index (χ4v) is 7.04. The Labute approximate surface area is 308 Å². The van der Waals surface area contributed by atoms with Crippen molar-refractivity contribution in [3.63, 3.8) is 0 Å². The summed E-state index contributed by atoms with van der Waals surface area (Å²) in [7, 11) is 7.83. The molecule has 0 spiro atoms. The molecule has 0 fully saturated rings. The molecule has 0 aromatic carbocycles. The van der Waals surface area contributed by atoms with Crippen molar-refractivity contribution in [2.45, 2.75) is 80.1 Å². The van der Waals surface area contributed by atoms with Crippen LogP contribution >= 0.6 is 0 Å². The topological polar surface area (TPSA) is 116 Å². The van der Waals surface area contributed by atoms with Crippen LogP contribution in [0.3, 0.4) is 0 Å². The first kappa shape index (κ1) is 38.7. The van der Waals surface area contributed by atoms with E-state index in [2.05, 4.69) is 75.8 Å². The lowest BCUT2D eigenvalue weighted by Crippen LogP contribution is -2.20. The van der Waals surface area contributed by atoms with Crippen molar-refractivity contribution < 1.29 is 19.1 Å². The van der Waals surface area contributed by atoms with Crippen molar-refractivity contribution in [3.05, 3.63) is 69.3 Å². The SMILES string of the molecule is CCC1=C(C)c2cc3[nH]c(cc4nc(cc5[nH]c(cc1n2)c(C)c5CCC(=O)OCCN(C)C)C(CCC(=O)OCCN(C)C)=C4C)c(C)c3CC. The van der Waals surface area contributed by atoms with Crippen LogP contribution in [0.5, 0.6) is 0 Å². The van der Waals surface area contributed by atoms with Gasteiger partial charge in [0.25, 0.3) is 0 Å². The van der Waals surface area contributed by atoms with Crippen LogP contribution in [0.15, 0.2) is 24.3 Å². The standard InChI is InChI=1S/C42H56N6O4/c1-11-29-25(3)33-21-34-27(5)31(13-15-41(49)51-19-17-47(7)8)39(45-34)24-40-32(14-16-42(50)52-20-18-48(9)10)28(6)36(46-40)23-38-30(12-2)26(4)35(44-38)22-37(29)43-33/h21-24,43,46H,11-20H2,1-10H3. The molecular formula is C42H56N6O4. The van der Waals surface area contributed by atoms with E-state index in [-0.39, 0.29) is 24.8 Å². The predicted molar refractivity (Wildman–Crippen MR) is 212 cm³/mol. The highest BCUT2D eigenvalue weighted by atomic mass is 16.5. The van der Waals surface area contributed by atoms with Gasteiger partial charge in [-0.3, -0.25) is 9.59 Å². The zero-order valence-electron chi connectivity index (χ0n) is 32.8. The Morgan fingerprint density at radius 1 is 0.596 bits per heavy atom. The lowest BCUT2D eigenvalue weighted by molar-refractivity contribution is -0.144. The number of allylic oxidation sites excluding steroid dienone is 4. The minimum Gasteiger partial charge on any atom is -0.464 e. The maximum atomic E-state index is 12.8. The van der Waals surface area contributed by atoms with Gasteiger partial charge in [-0.25, -0.2) is 9.97 Å². The molecule has 0 saturated heterocycles. The molecule has 2 aliphatic heterocycles. The van der Waals surface area contributed by atoms with Gasteiger partial charge in [0.15, 0.2) is 0 Å². The number of likely N-dealkylation sites (N-methyl/N-ethyl adjacent to an activating group) is 2. The summed E-state index contributed by atoms with van der Waals surface area (Å²) in [4.78, 5) is 47.4. The Bertz CT molecular complexity index is 2060. The molecule has 52 heavy (non-hydrogen) atoms. The van der Waals surface area contributed by atoms with E-state index in [1.165, 1.54) is 22.3 Å². The fraction of sp³-hybridized carbons (Fsp3) is 0.476. The highest BCUT2D eigenvalue weighted by Gasteiger charge is 2.22. The highest BCUT2D eigenvalue weighted by molar-refractivity contribution is 5.95. The number of carbonyl (C=O) groups excluding carboxylic acids is 2. The minimum atomic E-state index is -0.227. The van der Waals surface area contributed by atoms with Gasteiger partial charge < -0.3 is 29.2 Å². The van der Waals surface area contributed by atoms with Gasteiger partial charge in [0, 0.05) is 48.0 Å². The second-order valence-electron chi connectivity index (χ2n) is 14.4. The van der Waals surface area contributed by atoms with Crippen molar-refractivity contribution in [1.29, 1.82) is 0 Å². The molecule has 0 aliphatic carbocycles. The molecule has 2 aliphatic rings. The van der Waals surface area contributed by atoms with E-state index in [1.807, 2.05) is 38.0 Å². The molecule has 0 amide bonds. The van der Waals surface area contributed by atoms with E-state index >= 15 is 0 Å². The molecule has 0 unspecified atom stereocenters. The van der Waals surface area contributed by atoms with Crippen molar-refractivity contribution in [1.82, 2.24) is 29.7 Å². The molecule has 5 rings (SSSR count). The maximum absolute atomic E-state index is 12.8. The summed E-state index contributed by atoms with van der Waals surface area (Å²) in [6.45, 7) is 14.9. The number of nitrogens with one attached hydrogen (secondary N) is 2. The molecule has 10 nitrogen and oxygen atoms in total. The molecular weight excluding hydrogens is 652 g/mol. The average molecular weight is 709 g/mol. The number of hydrogen-bond acceptors (Lipinski definition) is 8. The lowest BCUT2D eigenvalue weighted by Gasteiger charge is -2.10. The number of nitrogens with zero attached hydrogens (tertiary/aromatic N) is 4. The third-order valence-electron chi connectivity index (χ3n) is 10.3. The number of carbonyl (C=O) groups is 2. The third kappa shape index (κ3) is 8.73. The van der Waals surface area contributed by atoms with Gasteiger partial charge in [0.05, 0.1) is 22.8 Å². The van der Waals surface area contributed by atoms with Gasteiger partial charge in [0.2, 0.25) is 0 Å². The van der Waals surface area contributed by atoms with Gasteiger partial charge in [-0.05, 0) is 150 Å².